The van der Waals surface area contributed by atoms with Gasteiger partial charge in [-0.15, -0.1) is 0 Å². The number of benzene rings is 3. The van der Waals surface area contributed by atoms with Gasteiger partial charge in [-0.05, 0) is 67.4 Å². The maximum atomic E-state index is 12.9. The molecule has 0 atom stereocenters. The average Bonchev–Trinajstić information content (AvgIpc) is 2.85. The standard InChI is InChI=1S/C27H27N3O2/c28-20-24-13-12-22(21-8-3-1-4-9-21)19-26(24)29-27(31)23-10-7-11-25(18-23)32-17-16-30-14-5-2-6-15-30/h1,3-4,7-13,18-19H,2,5-6,14-17H2,(H,29,31). The van der Waals surface area contributed by atoms with E-state index in [4.69, 9.17) is 4.74 Å². The molecule has 1 N–H and O–H groups in total. The first-order chi connectivity index (χ1) is 15.7. The highest BCUT2D eigenvalue weighted by Gasteiger charge is 2.13. The fourth-order valence-corrected chi connectivity index (χ4v) is 3.95. The summed E-state index contributed by atoms with van der Waals surface area (Å²) in [7, 11) is 0. The number of nitriles is 1. The van der Waals surface area contributed by atoms with Crippen molar-refractivity contribution in [3.05, 3.63) is 83.9 Å². The van der Waals surface area contributed by atoms with E-state index in [-0.39, 0.29) is 5.91 Å². The van der Waals surface area contributed by atoms with Crippen LogP contribution in [0, 0.1) is 11.3 Å². The number of hydrogen-bond acceptors (Lipinski definition) is 4. The molecule has 0 unspecified atom stereocenters. The van der Waals surface area contributed by atoms with Crippen LogP contribution in [0.15, 0.2) is 72.8 Å². The lowest BCUT2D eigenvalue weighted by Gasteiger charge is -2.26. The van der Waals surface area contributed by atoms with Gasteiger partial charge in [0.25, 0.3) is 5.91 Å². The van der Waals surface area contributed by atoms with E-state index in [0.717, 1.165) is 30.8 Å². The van der Waals surface area contributed by atoms with E-state index in [2.05, 4.69) is 16.3 Å². The number of nitrogens with one attached hydrogen (secondary N) is 1. The third kappa shape index (κ3) is 5.54. The molecule has 1 saturated heterocycles. The summed E-state index contributed by atoms with van der Waals surface area (Å²) in [6, 6.07) is 24.7. The first kappa shape index (κ1) is 21.6. The fraction of sp³-hybridized carbons (Fsp3) is 0.259. The van der Waals surface area contributed by atoms with Crippen LogP contribution in [0.3, 0.4) is 0 Å². The van der Waals surface area contributed by atoms with E-state index >= 15 is 0 Å². The molecular weight excluding hydrogens is 398 g/mol. The van der Waals surface area contributed by atoms with Gasteiger partial charge in [0, 0.05) is 12.1 Å². The Morgan fingerprint density at radius 2 is 1.75 bits per heavy atom. The molecule has 1 fully saturated rings. The van der Waals surface area contributed by atoms with Crippen molar-refractivity contribution in [2.45, 2.75) is 19.3 Å². The van der Waals surface area contributed by atoms with Gasteiger partial charge in [-0.3, -0.25) is 9.69 Å². The second-order valence-electron chi connectivity index (χ2n) is 7.97. The Kier molecular flexibility index (Phi) is 7.16. The summed E-state index contributed by atoms with van der Waals surface area (Å²) in [6.07, 6.45) is 3.83. The second kappa shape index (κ2) is 10.6. The Morgan fingerprint density at radius 1 is 0.938 bits per heavy atom. The number of carbonyl (C=O) groups is 1. The smallest absolute Gasteiger partial charge is 0.255 e. The number of amides is 1. The van der Waals surface area contributed by atoms with Crippen LogP contribution < -0.4 is 10.1 Å². The number of hydrogen-bond donors (Lipinski definition) is 1. The predicted molar refractivity (Wildman–Crippen MR) is 127 cm³/mol. The molecular formula is C27H27N3O2. The minimum atomic E-state index is -0.270. The fourth-order valence-electron chi connectivity index (χ4n) is 3.95. The molecule has 3 aromatic carbocycles. The van der Waals surface area contributed by atoms with Gasteiger partial charge in [0.15, 0.2) is 0 Å². The molecule has 1 aliphatic rings. The van der Waals surface area contributed by atoms with Gasteiger partial charge in [0.05, 0.1) is 11.3 Å². The molecule has 1 amide bonds. The lowest BCUT2D eigenvalue weighted by atomic mass is 10.0. The summed E-state index contributed by atoms with van der Waals surface area (Å²) >= 11 is 0. The number of piperidine rings is 1. The Balaban J connectivity index is 1.43. The summed E-state index contributed by atoms with van der Waals surface area (Å²) < 4.78 is 5.90. The Labute approximate surface area is 189 Å². The van der Waals surface area contributed by atoms with Crippen molar-refractivity contribution in [3.8, 4) is 22.9 Å². The van der Waals surface area contributed by atoms with E-state index in [9.17, 15) is 10.1 Å². The molecule has 162 valence electrons. The van der Waals surface area contributed by atoms with Gasteiger partial charge in [-0.1, -0.05) is 48.9 Å². The van der Waals surface area contributed by atoms with Crippen molar-refractivity contribution >= 4 is 11.6 Å². The highest BCUT2D eigenvalue weighted by molar-refractivity contribution is 6.05. The van der Waals surface area contributed by atoms with E-state index in [0.29, 0.717) is 29.2 Å². The van der Waals surface area contributed by atoms with Crippen molar-refractivity contribution in [2.75, 3.05) is 31.6 Å². The van der Waals surface area contributed by atoms with E-state index in [1.165, 1.54) is 19.3 Å². The third-order valence-electron chi connectivity index (χ3n) is 5.72. The van der Waals surface area contributed by atoms with Crippen LogP contribution in [-0.4, -0.2) is 37.0 Å². The number of carbonyl (C=O) groups excluding carboxylic acids is 1. The van der Waals surface area contributed by atoms with Crippen LogP contribution >= 0.6 is 0 Å². The highest BCUT2D eigenvalue weighted by atomic mass is 16.5. The van der Waals surface area contributed by atoms with E-state index in [1.54, 1.807) is 18.2 Å². The van der Waals surface area contributed by atoms with Crippen molar-refractivity contribution < 1.29 is 9.53 Å². The van der Waals surface area contributed by atoms with Gasteiger partial charge in [0.1, 0.15) is 18.4 Å². The zero-order valence-electron chi connectivity index (χ0n) is 18.1. The number of nitrogens with zero attached hydrogens (tertiary/aromatic N) is 2. The van der Waals surface area contributed by atoms with Gasteiger partial charge >= 0.3 is 0 Å². The van der Waals surface area contributed by atoms with Crippen LogP contribution in [0.1, 0.15) is 35.2 Å². The normalized spacial score (nSPS) is 13.8. The molecule has 0 spiro atoms. The van der Waals surface area contributed by atoms with Crippen LogP contribution in [0.25, 0.3) is 11.1 Å². The lowest BCUT2D eigenvalue weighted by Crippen LogP contribution is -2.33. The molecule has 1 aliphatic heterocycles. The Morgan fingerprint density at radius 3 is 2.53 bits per heavy atom. The van der Waals surface area contributed by atoms with Crippen LogP contribution in [-0.2, 0) is 0 Å². The zero-order chi connectivity index (χ0) is 22.2. The summed E-state index contributed by atoms with van der Waals surface area (Å²) in [5.41, 5.74) is 3.38. The maximum Gasteiger partial charge on any atom is 0.255 e. The number of anilines is 1. The van der Waals surface area contributed by atoms with Gasteiger partial charge < -0.3 is 10.1 Å². The maximum absolute atomic E-state index is 12.9. The molecule has 5 nitrogen and oxygen atoms in total. The molecule has 0 aromatic heterocycles. The Hall–Kier alpha value is -3.62. The van der Waals surface area contributed by atoms with Gasteiger partial charge in [-0.25, -0.2) is 0 Å². The predicted octanol–water partition coefficient (Wildman–Crippen LogP) is 5.34. The molecule has 32 heavy (non-hydrogen) atoms. The van der Waals surface area contributed by atoms with Crippen molar-refractivity contribution in [1.82, 2.24) is 4.90 Å². The highest BCUT2D eigenvalue weighted by Crippen LogP contribution is 2.26. The largest absolute Gasteiger partial charge is 0.492 e. The van der Waals surface area contributed by atoms with E-state index in [1.807, 2.05) is 54.6 Å². The summed E-state index contributed by atoms with van der Waals surface area (Å²) in [5.74, 6) is 0.404. The zero-order valence-corrected chi connectivity index (χ0v) is 18.1. The molecule has 0 saturated carbocycles. The molecule has 4 rings (SSSR count). The quantitative estimate of drug-likeness (QED) is 0.555. The first-order valence-electron chi connectivity index (χ1n) is 11.1. The lowest BCUT2D eigenvalue weighted by molar-refractivity contribution is 0.102. The van der Waals surface area contributed by atoms with Crippen molar-refractivity contribution in [2.24, 2.45) is 0 Å². The van der Waals surface area contributed by atoms with Gasteiger partial charge in [-0.2, -0.15) is 5.26 Å². The van der Waals surface area contributed by atoms with Crippen LogP contribution in [0.2, 0.25) is 0 Å². The van der Waals surface area contributed by atoms with Gasteiger partial charge in [0.2, 0.25) is 0 Å². The van der Waals surface area contributed by atoms with Crippen LogP contribution in [0.4, 0.5) is 5.69 Å². The van der Waals surface area contributed by atoms with E-state index < -0.39 is 0 Å². The minimum absolute atomic E-state index is 0.270. The summed E-state index contributed by atoms with van der Waals surface area (Å²) in [5, 5.41) is 12.4. The number of rotatable bonds is 7. The first-order valence-corrected chi connectivity index (χ1v) is 11.1. The second-order valence-corrected chi connectivity index (χ2v) is 7.97. The Bertz CT molecular complexity index is 1100. The summed E-state index contributed by atoms with van der Waals surface area (Å²) in [4.78, 5) is 15.3. The van der Waals surface area contributed by atoms with Crippen molar-refractivity contribution in [3.63, 3.8) is 0 Å². The molecule has 0 aliphatic carbocycles. The third-order valence-corrected chi connectivity index (χ3v) is 5.72. The molecule has 1 heterocycles. The summed E-state index contributed by atoms with van der Waals surface area (Å²) in [6.45, 7) is 3.77. The number of likely N-dealkylation sites (tertiary alicyclic amines) is 1. The SMILES string of the molecule is N#Cc1ccc(-c2ccccc2)cc1NC(=O)c1cccc(OCCN2CCCCC2)c1. The topological polar surface area (TPSA) is 65.4 Å². The molecule has 0 bridgehead atoms. The average molecular weight is 426 g/mol. The molecule has 5 heteroatoms. The molecule has 3 aromatic rings. The number of ether oxygens (including phenoxy) is 1. The van der Waals surface area contributed by atoms with Crippen molar-refractivity contribution in [1.29, 1.82) is 5.26 Å². The monoisotopic (exact) mass is 425 g/mol. The minimum Gasteiger partial charge on any atom is -0.492 e. The molecule has 0 radical (unpaired) electrons. The van der Waals surface area contributed by atoms with Crippen LogP contribution in [0.5, 0.6) is 5.75 Å².